The lowest BCUT2D eigenvalue weighted by atomic mass is 9.85. The predicted octanol–water partition coefficient (Wildman–Crippen LogP) is 2.55. The first-order valence-electron chi connectivity index (χ1n) is 4.18. The highest BCUT2D eigenvalue weighted by Crippen LogP contribution is 2.28. The summed E-state index contributed by atoms with van der Waals surface area (Å²) in [7, 11) is 0. The molecule has 0 unspecified atom stereocenters. The second kappa shape index (κ2) is 4.58. The van der Waals surface area contributed by atoms with Gasteiger partial charge in [-0.2, -0.15) is 0 Å². The Morgan fingerprint density at radius 3 is 2.31 bits per heavy atom. The fourth-order valence-electron chi connectivity index (χ4n) is 1.00. The lowest BCUT2D eigenvalue weighted by molar-refractivity contribution is 0.321. The fourth-order valence-corrected chi connectivity index (χ4v) is 1.00. The topological polar surface area (TPSA) is 38.9 Å². The minimum atomic E-state index is 0. The van der Waals surface area contributed by atoms with E-state index < -0.39 is 0 Å². The molecule has 0 amide bonds. The standard InChI is InChI=1S/C10H16N2.ClH/c1-10(2,3)9(11)8-6-4-5-7-12-8;/h4-7,9H,11H2,1-3H3;1H/t9-;/m0./s1. The Hall–Kier alpha value is -0.600. The number of hydrogen-bond donors (Lipinski definition) is 1. The van der Waals surface area contributed by atoms with Crippen LogP contribution in [-0.4, -0.2) is 4.98 Å². The Morgan fingerprint density at radius 2 is 1.92 bits per heavy atom. The van der Waals surface area contributed by atoms with Gasteiger partial charge in [0.2, 0.25) is 0 Å². The molecule has 0 fully saturated rings. The summed E-state index contributed by atoms with van der Waals surface area (Å²) >= 11 is 0. The molecule has 13 heavy (non-hydrogen) atoms. The average molecular weight is 201 g/mol. The summed E-state index contributed by atoms with van der Waals surface area (Å²) in [4.78, 5) is 4.22. The lowest BCUT2D eigenvalue weighted by Crippen LogP contribution is -2.26. The number of hydrogen-bond acceptors (Lipinski definition) is 2. The Balaban J connectivity index is 0.00000144. The van der Waals surface area contributed by atoms with E-state index in [1.54, 1.807) is 6.20 Å². The summed E-state index contributed by atoms with van der Waals surface area (Å²) < 4.78 is 0. The molecular weight excluding hydrogens is 184 g/mol. The molecule has 1 rings (SSSR count). The Labute approximate surface area is 86.0 Å². The quantitative estimate of drug-likeness (QED) is 0.757. The van der Waals surface area contributed by atoms with Crippen LogP contribution in [0.5, 0.6) is 0 Å². The van der Waals surface area contributed by atoms with Crippen molar-refractivity contribution in [1.29, 1.82) is 0 Å². The van der Waals surface area contributed by atoms with Crippen LogP contribution in [0.25, 0.3) is 0 Å². The minimum Gasteiger partial charge on any atom is -0.322 e. The smallest absolute Gasteiger partial charge is 0.0576 e. The van der Waals surface area contributed by atoms with Gasteiger partial charge in [-0.15, -0.1) is 12.4 Å². The molecule has 0 spiro atoms. The minimum absolute atomic E-state index is 0. The van der Waals surface area contributed by atoms with Crippen LogP contribution in [0.3, 0.4) is 0 Å². The van der Waals surface area contributed by atoms with E-state index in [1.165, 1.54) is 0 Å². The molecular formula is C10H17ClN2. The molecule has 0 saturated heterocycles. The van der Waals surface area contributed by atoms with E-state index >= 15 is 0 Å². The van der Waals surface area contributed by atoms with Gasteiger partial charge >= 0.3 is 0 Å². The van der Waals surface area contributed by atoms with Gasteiger partial charge in [0.25, 0.3) is 0 Å². The van der Waals surface area contributed by atoms with Gasteiger partial charge in [0, 0.05) is 6.20 Å². The molecule has 2 nitrogen and oxygen atoms in total. The van der Waals surface area contributed by atoms with Crippen molar-refractivity contribution in [3.8, 4) is 0 Å². The van der Waals surface area contributed by atoms with Crippen LogP contribution in [-0.2, 0) is 0 Å². The summed E-state index contributed by atoms with van der Waals surface area (Å²) in [5, 5.41) is 0. The van der Waals surface area contributed by atoms with Gasteiger partial charge < -0.3 is 5.73 Å². The first-order chi connectivity index (χ1) is 5.52. The maximum Gasteiger partial charge on any atom is 0.0576 e. The first kappa shape index (κ1) is 12.4. The summed E-state index contributed by atoms with van der Waals surface area (Å²) in [5.41, 5.74) is 7.05. The summed E-state index contributed by atoms with van der Waals surface area (Å²) in [6.45, 7) is 6.35. The van der Waals surface area contributed by atoms with Crippen molar-refractivity contribution in [1.82, 2.24) is 4.98 Å². The number of pyridine rings is 1. The van der Waals surface area contributed by atoms with Gasteiger partial charge in [-0.1, -0.05) is 26.8 Å². The van der Waals surface area contributed by atoms with E-state index in [1.807, 2.05) is 18.2 Å². The van der Waals surface area contributed by atoms with Crippen molar-refractivity contribution < 1.29 is 0 Å². The van der Waals surface area contributed by atoms with Crippen LogP contribution >= 0.6 is 12.4 Å². The van der Waals surface area contributed by atoms with Gasteiger partial charge in [0.05, 0.1) is 11.7 Å². The van der Waals surface area contributed by atoms with Gasteiger partial charge in [0.1, 0.15) is 0 Å². The van der Waals surface area contributed by atoms with E-state index in [9.17, 15) is 0 Å². The van der Waals surface area contributed by atoms with Crippen molar-refractivity contribution in [2.75, 3.05) is 0 Å². The number of halogens is 1. The third-order valence-corrected chi connectivity index (χ3v) is 1.94. The summed E-state index contributed by atoms with van der Waals surface area (Å²) in [5.74, 6) is 0. The van der Waals surface area contributed by atoms with E-state index in [0.717, 1.165) is 5.69 Å². The van der Waals surface area contributed by atoms with Crippen LogP contribution in [0.4, 0.5) is 0 Å². The van der Waals surface area contributed by atoms with E-state index in [4.69, 9.17) is 5.73 Å². The third-order valence-electron chi connectivity index (χ3n) is 1.94. The molecule has 0 saturated carbocycles. The second-order valence-electron chi connectivity index (χ2n) is 4.10. The second-order valence-corrected chi connectivity index (χ2v) is 4.10. The van der Waals surface area contributed by atoms with Crippen LogP contribution in [0.1, 0.15) is 32.5 Å². The zero-order valence-electron chi connectivity index (χ0n) is 8.32. The zero-order chi connectivity index (χ0) is 9.19. The highest BCUT2D eigenvalue weighted by molar-refractivity contribution is 5.85. The van der Waals surface area contributed by atoms with E-state index in [0.29, 0.717) is 0 Å². The van der Waals surface area contributed by atoms with Crippen molar-refractivity contribution in [3.05, 3.63) is 30.1 Å². The highest BCUT2D eigenvalue weighted by atomic mass is 35.5. The first-order valence-corrected chi connectivity index (χ1v) is 4.18. The van der Waals surface area contributed by atoms with Crippen LogP contribution in [0.15, 0.2) is 24.4 Å². The van der Waals surface area contributed by atoms with Crippen LogP contribution in [0.2, 0.25) is 0 Å². The molecule has 1 heterocycles. The highest BCUT2D eigenvalue weighted by Gasteiger charge is 2.22. The zero-order valence-corrected chi connectivity index (χ0v) is 9.14. The largest absolute Gasteiger partial charge is 0.322 e. The molecule has 0 aromatic carbocycles. The van der Waals surface area contributed by atoms with Gasteiger partial charge in [-0.05, 0) is 17.5 Å². The molecule has 74 valence electrons. The molecule has 1 atom stereocenters. The Morgan fingerprint density at radius 1 is 1.31 bits per heavy atom. The van der Waals surface area contributed by atoms with Gasteiger partial charge in [-0.3, -0.25) is 4.98 Å². The maximum atomic E-state index is 6.01. The molecule has 1 aromatic rings. The lowest BCUT2D eigenvalue weighted by Gasteiger charge is -2.26. The van der Waals surface area contributed by atoms with E-state index in [-0.39, 0.29) is 23.9 Å². The number of rotatable bonds is 1. The Kier molecular flexibility index (Phi) is 4.37. The predicted molar refractivity (Wildman–Crippen MR) is 57.9 cm³/mol. The maximum absolute atomic E-state index is 6.01. The molecule has 0 aliphatic carbocycles. The normalized spacial score (nSPS) is 13.2. The van der Waals surface area contributed by atoms with E-state index in [2.05, 4.69) is 25.8 Å². The number of aromatic nitrogens is 1. The molecule has 0 aliphatic rings. The molecule has 3 heteroatoms. The monoisotopic (exact) mass is 200 g/mol. The number of nitrogens with zero attached hydrogens (tertiary/aromatic N) is 1. The van der Waals surface area contributed by atoms with Crippen molar-refractivity contribution in [2.45, 2.75) is 26.8 Å². The van der Waals surface area contributed by atoms with Gasteiger partial charge in [-0.25, -0.2) is 0 Å². The molecule has 0 radical (unpaired) electrons. The average Bonchev–Trinajstić information content (AvgIpc) is 2.03. The number of nitrogens with two attached hydrogens (primary N) is 1. The summed E-state index contributed by atoms with van der Waals surface area (Å²) in [6.07, 6.45) is 1.78. The van der Waals surface area contributed by atoms with Crippen molar-refractivity contribution in [3.63, 3.8) is 0 Å². The van der Waals surface area contributed by atoms with Gasteiger partial charge in [0.15, 0.2) is 0 Å². The summed E-state index contributed by atoms with van der Waals surface area (Å²) in [6, 6.07) is 5.85. The molecule has 0 aliphatic heterocycles. The fraction of sp³-hybridized carbons (Fsp3) is 0.500. The molecule has 1 aromatic heterocycles. The Bertz CT molecular complexity index is 241. The SMILES string of the molecule is CC(C)(C)[C@@H](N)c1ccccn1.Cl. The van der Waals surface area contributed by atoms with Crippen LogP contribution < -0.4 is 5.73 Å². The van der Waals surface area contributed by atoms with Crippen LogP contribution in [0, 0.1) is 5.41 Å². The van der Waals surface area contributed by atoms with Crippen molar-refractivity contribution in [2.24, 2.45) is 11.1 Å². The molecule has 2 N–H and O–H groups in total. The third kappa shape index (κ3) is 3.33. The van der Waals surface area contributed by atoms with Crippen molar-refractivity contribution >= 4 is 12.4 Å². The molecule has 0 bridgehead atoms.